The maximum atomic E-state index is 10.5. The number of carbonyl (C=O) groups is 1. The van der Waals surface area contributed by atoms with Crippen LogP contribution in [-0.2, 0) is 9.53 Å². The van der Waals surface area contributed by atoms with Crippen LogP contribution in [0.2, 0.25) is 0 Å². The number of methoxy groups -OCH3 is 1. The van der Waals surface area contributed by atoms with Gasteiger partial charge in [0.2, 0.25) is 5.91 Å². The number of hydrogen-bond acceptors (Lipinski definition) is 3. The Morgan fingerprint density at radius 3 is 2.36 bits per heavy atom. The maximum Gasteiger partial charge on any atom is 0.216 e. The van der Waals surface area contributed by atoms with Gasteiger partial charge in [-0.1, -0.05) is 13.8 Å². The lowest BCUT2D eigenvalue weighted by Crippen LogP contribution is -2.33. The first kappa shape index (κ1) is 15.8. The molecule has 0 fully saturated rings. The van der Waals surface area contributed by atoms with Gasteiger partial charge in [-0.3, -0.25) is 4.79 Å². The molecular weight excluding hydrogens is 180 g/mol. The summed E-state index contributed by atoms with van der Waals surface area (Å²) < 4.78 is 4.91. The van der Waals surface area contributed by atoms with Crippen LogP contribution in [-0.4, -0.2) is 51.2 Å². The Balaban J connectivity index is 0. The fraction of sp³-hybridized carbons (Fsp3) is 0.900. The van der Waals surface area contributed by atoms with Crippen LogP contribution >= 0.6 is 0 Å². The van der Waals surface area contributed by atoms with Crippen molar-refractivity contribution in [3.63, 3.8) is 0 Å². The molecular formula is C10H24N2O2. The van der Waals surface area contributed by atoms with Crippen molar-refractivity contribution in [3.8, 4) is 0 Å². The molecule has 1 amide bonds. The molecule has 0 aliphatic carbocycles. The Hall–Kier alpha value is -0.610. The van der Waals surface area contributed by atoms with E-state index in [0.29, 0.717) is 6.54 Å². The fourth-order valence-corrected chi connectivity index (χ4v) is 0.782. The number of amides is 1. The van der Waals surface area contributed by atoms with Gasteiger partial charge in [0.05, 0.1) is 6.61 Å². The predicted octanol–water partition coefficient (Wildman–Crippen LogP) is 0.727. The second kappa shape index (κ2) is 12.4. The van der Waals surface area contributed by atoms with Crippen molar-refractivity contribution < 1.29 is 9.53 Å². The van der Waals surface area contributed by atoms with Crippen LogP contribution in [0.5, 0.6) is 0 Å². The van der Waals surface area contributed by atoms with E-state index in [1.165, 1.54) is 6.92 Å². The van der Waals surface area contributed by atoms with Crippen molar-refractivity contribution in [3.05, 3.63) is 0 Å². The third-order valence-electron chi connectivity index (χ3n) is 1.54. The summed E-state index contributed by atoms with van der Waals surface area (Å²) in [6.07, 6.45) is 0. The zero-order chi connectivity index (χ0) is 11.4. The molecule has 0 bridgehead atoms. The molecule has 4 nitrogen and oxygen atoms in total. The van der Waals surface area contributed by atoms with Gasteiger partial charge in [-0.2, -0.15) is 0 Å². The molecule has 0 atom stereocenters. The zero-order valence-electron chi connectivity index (χ0n) is 10.1. The number of hydrogen-bond donors (Lipinski definition) is 1. The standard InChI is InChI=1S/C8H18N2O2.C2H6/c1-8(11)9-4-5-10(2)6-7-12-3;1-2/h4-7H2,1-3H3,(H,9,11);1-2H3. The number of nitrogens with one attached hydrogen (secondary N) is 1. The first-order valence-corrected chi connectivity index (χ1v) is 5.08. The first-order valence-electron chi connectivity index (χ1n) is 5.08. The van der Waals surface area contributed by atoms with E-state index in [0.717, 1.165) is 19.7 Å². The Morgan fingerprint density at radius 1 is 1.36 bits per heavy atom. The SMILES string of the molecule is CC.COCCN(C)CCNC(C)=O. The van der Waals surface area contributed by atoms with Crippen LogP contribution in [0.25, 0.3) is 0 Å². The molecule has 0 aromatic heterocycles. The molecule has 0 saturated carbocycles. The lowest BCUT2D eigenvalue weighted by molar-refractivity contribution is -0.119. The summed E-state index contributed by atoms with van der Waals surface area (Å²) in [5, 5.41) is 2.73. The van der Waals surface area contributed by atoms with Crippen molar-refractivity contribution in [2.45, 2.75) is 20.8 Å². The first-order chi connectivity index (χ1) is 6.66. The van der Waals surface area contributed by atoms with Crippen LogP contribution in [0, 0.1) is 0 Å². The molecule has 0 aliphatic heterocycles. The van der Waals surface area contributed by atoms with Gasteiger partial charge < -0.3 is 15.0 Å². The van der Waals surface area contributed by atoms with Crippen molar-refractivity contribution in [2.75, 3.05) is 40.4 Å². The highest BCUT2D eigenvalue weighted by Gasteiger charge is 1.97. The molecule has 1 N–H and O–H groups in total. The smallest absolute Gasteiger partial charge is 0.216 e. The fourth-order valence-electron chi connectivity index (χ4n) is 0.782. The third kappa shape index (κ3) is 13.9. The summed E-state index contributed by atoms with van der Waals surface area (Å²) in [5.41, 5.74) is 0. The van der Waals surface area contributed by atoms with Gasteiger partial charge >= 0.3 is 0 Å². The second-order valence-corrected chi connectivity index (χ2v) is 2.78. The molecule has 0 radical (unpaired) electrons. The Kier molecular flexibility index (Phi) is 14.0. The zero-order valence-corrected chi connectivity index (χ0v) is 10.1. The topological polar surface area (TPSA) is 41.6 Å². The number of ether oxygens (including phenoxy) is 1. The summed E-state index contributed by atoms with van der Waals surface area (Å²) in [6, 6.07) is 0. The molecule has 0 unspecified atom stereocenters. The van der Waals surface area contributed by atoms with Gasteiger partial charge in [0.25, 0.3) is 0 Å². The highest BCUT2D eigenvalue weighted by atomic mass is 16.5. The average Bonchev–Trinajstić information content (AvgIpc) is 2.17. The second-order valence-electron chi connectivity index (χ2n) is 2.78. The molecule has 0 aliphatic rings. The normalized spacial score (nSPS) is 9.29. The Morgan fingerprint density at radius 2 is 1.93 bits per heavy atom. The molecule has 0 heterocycles. The number of likely N-dealkylation sites (N-methyl/N-ethyl adjacent to an activating group) is 1. The van der Waals surface area contributed by atoms with E-state index in [-0.39, 0.29) is 5.91 Å². The third-order valence-corrected chi connectivity index (χ3v) is 1.54. The lowest BCUT2D eigenvalue weighted by Gasteiger charge is -2.15. The summed E-state index contributed by atoms with van der Waals surface area (Å²) in [6.45, 7) is 8.72. The molecule has 0 rings (SSSR count). The molecule has 86 valence electrons. The van der Waals surface area contributed by atoms with Gasteiger partial charge in [-0.05, 0) is 7.05 Å². The van der Waals surface area contributed by atoms with Crippen molar-refractivity contribution in [1.82, 2.24) is 10.2 Å². The summed E-state index contributed by atoms with van der Waals surface area (Å²) in [7, 11) is 3.68. The summed E-state index contributed by atoms with van der Waals surface area (Å²) in [4.78, 5) is 12.6. The van der Waals surface area contributed by atoms with Gasteiger partial charge in [-0.15, -0.1) is 0 Å². The number of carbonyl (C=O) groups excluding carboxylic acids is 1. The van der Waals surface area contributed by atoms with Crippen LogP contribution in [0.3, 0.4) is 0 Å². The van der Waals surface area contributed by atoms with E-state index in [4.69, 9.17) is 4.74 Å². The summed E-state index contributed by atoms with van der Waals surface area (Å²) in [5.74, 6) is 0.0233. The van der Waals surface area contributed by atoms with E-state index >= 15 is 0 Å². The van der Waals surface area contributed by atoms with Crippen molar-refractivity contribution >= 4 is 5.91 Å². The molecule has 0 aromatic rings. The molecule has 4 heteroatoms. The van der Waals surface area contributed by atoms with Gasteiger partial charge in [-0.25, -0.2) is 0 Å². The molecule has 0 aromatic carbocycles. The van der Waals surface area contributed by atoms with Gasteiger partial charge in [0.15, 0.2) is 0 Å². The minimum atomic E-state index is 0.0233. The quantitative estimate of drug-likeness (QED) is 0.693. The van der Waals surface area contributed by atoms with Gasteiger partial charge in [0, 0.05) is 33.7 Å². The van der Waals surface area contributed by atoms with E-state index in [1.807, 2.05) is 20.9 Å². The average molecular weight is 204 g/mol. The van der Waals surface area contributed by atoms with E-state index in [9.17, 15) is 4.79 Å². The van der Waals surface area contributed by atoms with E-state index in [2.05, 4.69) is 10.2 Å². The highest BCUT2D eigenvalue weighted by Crippen LogP contribution is 1.80. The van der Waals surface area contributed by atoms with Crippen molar-refractivity contribution in [1.29, 1.82) is 0 Å². The molecule has 0 saturated heterocycles. The van der Waals surface area contributed by atoms with E-state index < -0.39 is 0 Å². The Bertz CT molecular complexity index is 129. The van der Waals surface area contributed by atoms with Crippen molar-refractivity contribution in [2.24, 2.45) is 0 Å². The molecule has 14 heavy (non-hydrogen) atoms. The lowest BCUT2D eigenvalue weighted by atomic mass is 10.5. The van der Waals surface area contributed by atoms with Gasteiger partial charge in [0.1, 0.15) is 0 Å². The van der Waals surface area contributed by atoms with Crippen LogP contribution in [0.4, 0.5) is 0 Å². The predicted molar refractivity (Wildman–Crippen MR) is 59.4 cm³/mol. The largest absolute Gasteiger partial charge is 0.383 e. The minimum Gasteiger partial charge on any atom is -0.383 e. The number of rotatable bonds is 6. The van der Waals surface area contributed by atoms with E-state index in [1.54, 1.807) is 7.11 Å². The van der Waals surface area contributed by atoms with Crippen LogP contribution in [0.1, 0.15) is 20.8 Å². The Labute approximate surface area is 87.6 Å². The maximum absolute atomic E-state index is 10.5. The highest BCUT2D eigenvalue weighted by molar-refractivity contribution is 5.72. The molecule has 0 spiro atoms. The monoisotopic (exact) mass is 204 g/mol. The summed E-state index contributed by atoms with van der Waals surface area (Å²) >= 11 is 0. The minimum absolute atomic E-state index is 0.0233. The van der Waals surface area contributed by atoms with Crippen LogP contribution in [0.15, 0.2) is 0 Å². The number of nitrogens with zero attached hydrogens (tertiary/aromatic N) is 1. The van der Waals surface area contributed by atoms with Crippen LogP contribution < -0.4 is 5.32 Å².